The summed E-state index contributed by atoms with van der Waals surface area (Å²) in [7, 11) is 1.32. The van der Waals surface area contributed by atoms with Crippen molar-refractivity contribution in [2.24, 2.45) is 5.92 Å². The van der Waals surface area contributed by atoms with Gasteiger partial charge < -0.3 is 14.9 Å². The number of methoxy groups -OCH3 is 1. The largest absolute Gasteiger partial charge is 0.466 e. The first-order valence-corrected chi connectivity index (χ1v) is 5.75. The Hall–Kier alpha value is -0.870. The lowest BCUT2D eigenvalue weighted by Gasteiger charge is -2.30. The third kappa shape index (κ3) is 3.06. The number of carbonyl (C=O) groups is 1. The lowest BCUT2D eigenvalue weighted by atomic mass is 9.83. The van der Waals surface area contributed by atoms with Gasteiger partial charge in [-0.1, -0.05) is 25.8 Å². The Kier molecular flexibility index (Phi) is 4.96. The summed E-state index contributed by atoms with van der Waals surface area (Å²) in [5, 5.41) is 19.5. The first kappa shape index (κ1) is 13.2. The molecular weight excluding hydrogens is 208 g/mol. The molecule has 0 aromatic heterocycles. The standard InChI is InChI=1S/C12H20O4/c1-3-4-5-8-6-9(12(15)16-2)7-10(13)11(8)14/h6,8,10-11,13-14H,3-5,7H2,1-2H3/t8-,10-,11-/m1/s1. The zero-order chi connectivity index (χ0) is 12.1. The summed E-state index contributed by atoms with van der Waals surface area (Å²) < 4.78 is 4.63. The predicted molar refractivity (Wildman–Crippen MR) is 59.7 cm³/mol. The minimum atomic E-state index is -0.860. The highest BCUT2D eigenvalue weighted by molar-refractivity contribution is 5.88. The Bertz CT molecular complexity index is 272. The quantitative estimate of drug-likeness (QED) is 0.705. The number of carbonyl (C=O) groups excluding carboxylic acids is 1. The normalized spacial score (nSPS) is 29.8. The fourth-order valence-corrected chi connectivity index (χ4v) is 2.03. The lowest BCUT2D eigenvalue weighted by molar-refractivity contribution is -0.137. The number of aliphatic hydroxyl groups is 2. The lowest BCUT2D eigenvalue weighted by Crippen LogP contribution is -2.37. The van der Waals surface area contributed by atoms with Crippen LogP contribution in [0.3, 0.4) is 0 Å². The summed E-state index contributed by atoms with van der Waals surface area (Å²) in [5.41, 5.74) is 0.474. The molecule has 0 unspecified atom stereocenters. The molecule has 0 saturated heterocycles. The van der Waals surface area contributed by atoms with Gasteiger partial charge in [0.05, 0.1) is 19.3 Å². The third-order valence-corrected chi connectivity index (χ3v) is 3.02. The number of unbranched alkanes of at least 4 members (excludes halogenated alkanes) is 1. The summed E-state index contributed by atoms with van der Waals surface area (Å²) in [6.07, 6.45) is 3.09. The summed E-state index contributed by atoms with van der Waals surface area (Å²) in [6, 6.07) is 0. The van der Waals surface area contributed by atoms with Gasteiger partial charge in [0, 0.05) is 17.9 Å². The minimum absolute atomic E-state index is 0.141. The van der Waals surface area contributed by atoms with Crippen LogP contribution in [0, 0.1) is 5.92 Å². The Balaban J connectivity index is 2.75. The van der Waals surface area contributed by atoms with Gasteiger partial charge in [-0.15, -0.1) is 0 Å². The van der Waals surface area contributed by atoms with Gasteiger partial charge in [0.1, 0.15) is 0 Å². The number of hydrogen-bond acceptors (Lipinski definition) is 4. The van der Waals surface area contributed by atoms with Gasteiger partial charge in [0.15, 0.2) is 0 Å². The molecule has 4 nitrogen and oxygen atoms in total. The summed E-state index contributed by atoms with van der Waals surface area (Å²) in [6.45, 7) is 2.07. The van der Waals surface area contributed by atoms with Gasteiger partial charge in [-0.3, -0.25) is 0 Å². The second kappa shape index (κ2) is 6.01. The molecule has 0 fully saturated rings. The maximum absolute atomic E-state index is 11.4. The molecule has 0 bridgehead atoms. The van der Waals surface area contributed by atoms with Crippen LogP contribution in [0.15, 0.2) is 11.6 Å². The van der Waals surface area contributed by atoms with Crippen molar-refractivity contribution in [3.05, 3.63) is 11.6 Å². The molecule has 1 aliphatic carbocycles. The molecule has 0 spiro atoms. The van der Waals surface area contributed by atoms with Crippen molar-refractivity contribution >= 4 is 5.97 Å². The van der Waals surface area contributed by atoms with E-state index in [9.17, 15) is 15.0 Å². The van der Waals surface area contributed by atoms with Gasteiger partial charge in [-0.05, 0) is 6.42 Å². The zero-order valence-electron chi connectivity index (χ0n) is 9.85. The summed E-state index contributed by atoms with van der Waals surface area (Å²) in [4.78, 5) is 11.4. The fraction of sp³-hybridized carbons (Fsp3) is 0.750. The van der Waals surface area contributed by atoms with E-state index in [0.717, 1.165) is 19.3 Å². The van der Waals surface area contributed by atoms with Gasteiger partial charge >= 0.3 is 5.97 Å². The number of esters is 1. The molecule has 2 N–H and O–H groups in total. The molecule has 1 aliphatic rings. The molecule has 1 rings (SSSR count). The Morgan fingerprint density at radius 3 is 2.81 bits per heavy atom. The van der Waals surface area contributed by atoms with E-state index in [-0.39, 0.29) is 12.3 Å². The van der Waals surface area contributed by atoms with Gasteiger partial charge in [-0.25, -0.2) is 4.79 Å². The van der Waals surface area contributed by atoms with E-state index in [1.54, 1.807) is 6.08 Å². The highest BCUT2D eigenvalue weighted by Gasteiger charge is 2.32. The number of ether oxygens (including phenoxy) is 1. The van der Waals surface area contributed by atoms with Crippen molar-refractivity contribution in [1.82, 2.24) is 0 Å². The first-order chi connectivity index (χ1) is 7.60. The van der Waals surface area contributed by atoms with Crippen LogP contribution in [-0.4, -0.2) is 35.5 Å². The predicted octanol–water partition coefficient (Wildman–Crippen LogP) is 1.02. The molecule has 0 saturated carbocycles. The van der Waals surface area contributed by atoms with Crippen LogP contribution < -0.4 is 0 Å². The Morgan fingerprint density at radius 1 is 1.56 bits per heavy atom. The first-order valence-electron chi connectivity index (χ1n) is 5.75. The Morgan fingerprint density at radius 2 is 2.25 bits per heavy atom. The average Bonchev–Trinajstić information content (AvgIpc) is 2.29. The monoisotopic (exact) mass is 228 g/mol. The van der Waals surface area contributed by atoms with E-state index in [1.807, 2.05) is 0 Å². The number of rotatable bonds is 4. The highest BCUT2D eigenvalue weighted by Crippen LogP contribution is 2.28. The molecular formula is C12H20O4. The van der Waals surface area contributed by atoms with Crippen molar-refractivity contribution in [3.63, 3.8) is 0 Å². The van der Waals surface area contributed by atoms with Crippen LogP contribution in [-0.2, 0) is 9.53 Å². The average molecular weight is 228 g/mol. The van der Waals surface area contributed by atoms with E-state index in [2.05, 4.69) is 11.7 Å². The van der Waals surface area contributed by atoms with Gasteiger partial charge in [-0.2, -0.15) is 0 Å². The van der Waals surface area contributed by atoms with E-state index < -0.39 is 18.2 Å². The topological polar surface area (TPSA) is 66.8 Å². The van der Waals surface area contributed by atoms with E-state index in [1.165, 1.54) is 7.11 Å². The molecule has 0 radical (unpaired) electrons. The van der Waals surface area contributed by atoms with E-state index in [0.29, 0.717) is 5.57 Å². The Labute approximate surface area is 95.9 Å². The van der Waals surface area contributed by atoms with Crippen molar-refractivity contribution in [1.29, 1.82) is 0 Å². The van der Waals surface area contributed by atoms with Crippen LogP contribution in [0.5, 0.6) is 0 Å². The van der Waals surface area contributed by atoms with Crippen molar-refractivity contribution < 1.29 is 19.7 Å². The molecule has 3 atom stereocenters. The van der Waals surface area contributed by atoms with Crippen LogP contribution in [0.2, 0.25) is 0 Å². The smallest absolute Gasteiger partial charge is 0.333 e. The summed E-state index contributed by atoms with van der Waals surface area (Å²) in [5.74, 6) is -0.551. The maximum Gasteiger partial charge on any atom is 0.333 e. The molecule has 0 aromatic rings. The molecule has 0 amide bonds. The van der Waals surface area contributed by atoms with Crippen LogP contribution in [0.1, 0.15) is 32.6 Å². The molecule has 4 heteroatoms. The van der Waals surface area contributed by atoms with Gasteiger partial charge in [0.25, 0.3) is 0 Å². The molecule has 92 valence electrons. The van der Waals surface area contributed by atoms with Crippen LogP contribution >= 0.6 is 0 Å². The molecule has 0 aromatic carbocycles. The second-order valence-corrected chi connectivity index (χ2v) is 4.25. The molecule has 0 heterocycles. The van der Waals surface area contributed by atoms with E-state index in [4.69, 9.17) is 0 Å². The van der Waals surface area contributed by atoms with E-state index >= 15 is 0 Å². The van der Waals surface area contributed by atoms with Crippen molar-refractivity contribution in [2.75, 3.05) is 7.11 Å². The molecule has 0 aliphatic heterocycles. The van der Waals surface area contributed by atoms with Crippen molar-refractivity contribution in [3.8, 4) is 0 Å². The molecule has 16 heavy (non-hydrogen) atoms. The number of hydrogen-bond donors (Lipinski definition) is 2. The second-order valence-electron chi connectivity index (χ2n) is 4.25. The van der Waals surface area contributed by atoms with Crippen LogP contribution in [0.4, 0.5) is 0 Å². The van der Waals surface area contributed by atoms with Gasteiger partial charge in [0.2, 0.25) is 0 Å². The highest BCUT2D eigenvalue weighted by atomic mass is 16.5. The van der Waals surface area contributed by atoms with Crippen molar-refractivity contribution in [2.45, 2.75) is 44.8 Å². The summed E-state index contributed by atoms with van der Waals surface area (Å²) >= 11 is 0. The zero-order valence-corrected chi connectivity index (χ0v) is 9.85. The van der Waals surface area contributed by atoms with Crippen LogP contribution in [0.25, 0.3) is 0 Å². The minimum Gasteiger partial charge on any atom is -0.466 e. The maximum atomic E-state index is 11.4. The number of aliphatic hydroxyl groups excluding tert-OH is 2. The SMILES string of the molecule is CCCC[C@@H]1C=C(C(=O)OC)C[C@@H](O)[C@@H]1O. The fourth-order valence-electron chi connectivity index (χ4n) is 2.03. The third-order valence-electron chi connectivity index (χ3n) is 3.02.